The molecule has 1 N–H and O–H groups in total. The van der Waals surface area contributed by atoms with Gasteiger partial charge >= 0.3 is 6.18 Å². The van der Waals surface area contributed by atoms with Crippen LogP contribution in [0.15, 0.2) is 42.7 Å². The van der Waals surface area contributed by atoms with Gasteiger partial charge in [0.15, 0.2) is 0 Å². The number of nitrogens with zero attached hydrogens (tertiary/aromatic N) is 4. The monoisotopic (exact) mass is 509 g/mol. The number of aromatic nitrogens is 3. The zero-order valence-electron chi connectivity index (χ0n) is 21.0. The molecule has 0 bridgehead atoms. The minimum atomic E-state index is -4.54. The number of rotatable bonds is 7. The molecule has 2 heterocycles. The van der Waals surface area contributed by atoms with Crippen LogP contribution >= 0.6 is 0 Å². The Morgan fingerprint density at radius 3 is 2.59 bits per heavy atom. The van der Waals surface area contributed by atoms with Crippen LogP contribution in [0, 0.1) is 5.92 Å². The smallest absolute Gasteiger partial charge is 0.320 e. The number of carbonyl (C=O) groups excluding carboxylic acids is 1. The van der Waals surface area contributed by atoms with Crippen molar-refractivity contribution in [1.82, 2.24) is 20.1 Å². The molecule has 1 aromatic heterocycles. The summed E-state index contributed by atoms with van der Waals surface area (Å²) in [6.45, 7) is 2.29. The van der Waals surface area contributed by atoms with Crippen LogP contribution in [0.3, 0.4) is 0 Å². The first-order valence-electron chi connectivity index (χ1n) is 12.9. The Morgan fingerprint density at radius 2 is 1.97 bits per heavy atom. The number of aryl methyl sites for hydroxylation is 1. The van der Waals surface area contributed by atoms with E-state index in [1.807, 2.05) is 29.8 Å². The molecule has 6 rings (SSSR count). The summed E-state index contributed by atoms with van der Waals surface area (Å²) in [6.07, 6.45) is 2.42. The predicted molar refractivity (Wildman–Crippen MR) is 133 cm³/mol. The lowest BCUT2D eigenvalue weighted by atomic mass is 9.78. The number of fused-ring (bicyclic) bond motifs is 1. The molecule has 2 saturated carbocycles. The average Bonchev–Trinajstić information content (AvgIpc) is 3.51. The highest BCUT2D eigenvalue weighted by atomic mass is 19.4. The van der Waals surface area contributed by atoms with Crippen molar-refractivity contribution in [3.05, 3.63) is 76.4 Å². The third-order valence-corrected chi connectivity index (χ3v) is 8.24. The van der Waals surface area contributed by atoms with Crippen LogP contribution in [0.2, 0.25) is 0 Å². The van der Waals surface area contributed by atoms with Gasteiger partial charge in [-0.1, -0.05) is 12.1 Å². The molecule has 3 aliphatic rings. The average molecular weight is 510 g/mol. The fourth-order valence-electron chi connectivity index (χ4n) is 5.75. The van der Waals surface area contributed by atoms with E-state index in [0.717, 1.165) is 43.5 Å². The maximum absolute atomic E-state index is 14.1. The highest BCUT2D eigenvalue weighted by molar-refractivity contribution is 6.10. The summed E-state index contributed by atoms with van der Waals surface area (Å²) < 4.78 is 44.3. The molecule has 9 heteroatoms. The maximum atomic E-state index is 14.1. The van der Waals surface area contributed by atoms with E-state index >= 15 is 0 Å². The van der Waals surface area contributed by atoms with Crippen molar-refractivity contribution in [2.24, 2.45) is 13.0 Å². The normalized spacial score (nSPS) is 19.6. The van der Waals surface area contributed by atoms with Crippen molar-refractivity contribution in [2.75, 3.05) is 4.90 Å². The summed E-state index contributed by atoms with van der Waals surface area (Å²) >= 11 is 0. The summed E-state index contributed by atoms with van der Waals surface area (Å²) in [7, 11) is 1.91. The molecule has 2 fully saturated rings. The summed E-state index contributed by atoms with van der Waals surface area (Å²) in [4.78, 5) is 15.0. The second-order valence-corrected chi connectivity index (χ2v) is 11.0. The largest absolute Gasteiger partial charge is 0.416 e. The van der Waals surface area contributed by atoms with E-state index in [4.69, 9.17) is 0 Å². The number of alkyl halides is 3. The first-order chi connectivity index (χ1) is 17.6. The summed E-state index contributed by atoms with van der Waals surface area (Å²) in [5, 5.41) is 11.7. The van der Waals surface area contributed by atoms with E-state index in [0.29, 0.717) is 23.7 Å². The number of anilines is 1. The Hall–Kier alpha value is -3.20. The molecule has 2 aromatic carbocycles. The molecule has 3 aromatic rings. The summed E-state index contributed by atoms with van der Waals surface area (Å²) in [5.41, 5.74) is 1.50. The highest BCUT2D eigenvalue weighted by Crippen LogP contribution is 2.47. The Morgan fingerprint density at radius 1 is 1.19 bits per heavy atom. The van der Waals surface area contributed by atoms with Gasteiger partial charge < -0.3 is 14.8 Å². The number of nitrogens with one attached hydrogen (secondary N) is 1. The lowest BCUT2D eigenvalue weighted by molar-refractivity contribution is -0.138. The molecule has 0 saturated heterocycles. The number of hydrogen-bond acceptors (Lipinski definition) is 4. The van der Waals surface area contributed by atoms with Gasteiger partial charge in [-0.2, -0.15) is 13.2 Å². The Kier molecular flexibility index (Phi) is 5.67. The van der Waals surface area contributed by atoms with Crippen molar-refractivity contribution in [2.45, 2.75) is 69.8 Å². The number of halogens is 3. The Labute approximate surface area is 213 Å². The van der Waals surface area contributed by atoms with Gasteiger partial charge in [-0.15, -0.1) is 10.2 Å². The van der Waals surface area contributed by atoms with Crippen LogP contribution in [0.4, 0.5) is 18.9 Å². The molecule has 0 radical (unpaired) electrons. The van der Waals surface area contributed by atoms with E-state index in [9.17, 15) is 18.0 Å². The molecular formula is C28H30F3N5O. The van der Waals surface area contributed by atoms with Crippen LogP contribution in [-0.2, 0) is 26.3 Å². The number of carbonyl (C=O) groups is 1. The SMILES string of the molecule is Cn1cnnc1C(c1cccc(N2Cc3c(cc(CNC4(C)CCC4)cc3C(F)(F)F)C2=O)c1)C1CC1. The maximum Gasteiger partial charge on any atom is 0.416 e. The molecule has 1 unspecified atom stereocenters. The lowest BCUT2D eigenvalue weighted by Gasteiger charge is -2.39. The second kappa shape index (κ2) is 8.68. The number of amides is 1. The highest BCUT2D eigenvalue weighted by Gasteiger charge is 2.41. The van der Waals surface area contributed by atoms with Gasteiger partial charge in [0.25, 0.3) is 5.91 Å². The van der Waals surface area contributed by atoms with E-state index in [1.54, 1.807) is 18.5 Å². The molecule has 194 valence electrons. The van der Waals surface area contributed by atoms with E-state index < -0.39 is 17.6 Å². The predicted octanol–water partition coefficient (Wildman–Crippen LogP) is 5.57. The van der Waals surface area contributed by atoms with Crippen LogP contribution in [-0.4, -0.2) is 26.2 Å². The topological polar surface area (TPSA) is 63.1 Å². The Bertz CT molecular complexity index is 1360. The quantitative estimate of drug-likeness (QED) is 0.453. The number of hydrogen-bond donors (Lipinski definition) is 1. The Balaban J connectivity index is 1.33. The van der Waals surface area contributed by atoms with Crippen molar-refractivity contribution in [3.8, 4) is 0 Å². The van der Waals surface area contributed by atoms with Gasteiger partial charge in [-0.25, -0.2) is 0 Å². The standard InChI is InChI=1S/C28H30F3N5O/c1-27(9-4-10-27)32-14-17-11-21-22(23(12-17)28(29,30)31)15-36(26(21)37)20-6-3-5-19(13-20)24(18-7-8-18)25-34-33-16-35(25)2/h3,5-6,11-13,16,18,24,32H,4,7-10,14-15H2,1-2H3. The van der Waals surface area contributed by atoms with Gasteiger partial charge in [0.2, 0.25) is 0 Å². The third-order valence-electron chi connectivity index (χ3n) is 8.24. The molecule has 1 atom stereocenters. The minimum absolute atomic E-state index is 0.0313. The number of benzene rings is 2. The van der Waals surface area contributed by atoms with Crippen LogP contribution in [0.25, 0.3) is 0 Å². The van der Waals surface area contributed by atoms with Crippen molar-refractivity contribution in [1.29, 1.82) is 0 Å². The van der Waals surface area contributed by atoms with E-state index in [1.165, 1.54) is 11.0 Å². The summed E-state index contributed by atoms with van der Waals surface area (Å²) in [6, 6.07) is 10.4. The van der Waals surface area contributed by atoms with Crippen LogP contribution < -0.4 is 10.2 Å². The van der Waals surface area contributed by atoms with Gasteiger partial charge in [-0.05, 0) is 85.9 Å². The van der Waals surface area contributed by atoms with Gasteiger partial charge in [0.1, 0.15) is 12.2 Å². The molecule has 2 aliphatic carbocycles. The third kappa shape index (κ3) is 4.43. The van der Waals surface area contributed by atoms with Crippen molar-refractivity contribution >= 4 is 11.6 Å². The molecule has 1 aliphatic heterocycles. The molecule has 6 nitrogen and oxygen atoms in total. The first kappa shape index (κ1) is 24.2. The lowest BCUT2D eigenvalue weighted by Crippen LogP contribution is -2.47. The molecule has 37 heavy (non-hydrogen) atoms. The molecule has 1 amide bonds. The minimum Gasteiger partial charge on any atom is -0.320 e. The zero-order chi connectivity index (χ0) is 25.9. The first-order valence-corrected chi connectivity index (χ1v) is 12.9. The fourth-order valence-corrected chi connectivity index (χ4v) is 5.75. The van der Waals surface area contributed by atoms with Gasteiger partial charge in [0.05, 0.1) is 12.1 Å². The van der Waals surface area contributed by atoms with E-state index in [-0.39, 0.29) is 29.1 Å². The second-order valence-electron chi connectivity index (χ2n) is 11.0. The van der Waals surface area contributed by atoms with E-state index in [2.05, 4.69) is 22.4 Å². The van der Waals surface area contributed by atoms with Crippen LogP contribution in [0.1, 0.15) is 83.4 Å². The van der Waals surface area contributed by atoms with Crippen molar-refractivity contribution < 1.29 is 18.0 Å². The fraction of sp³-hybridized carbons (Fsp3) is 0.464. The molecule has 0 spiro atoms. The summed E-state index contributed by atoms with van der Waals surface area (Å²) in [5.74, 6) is 0.932. The van der Waals surface area contributed by atoms with Crippen molar-refractivity contribution in [3.63, 3.8) is 0 Å². The van der Waals surface area contributed by atoms with Crippen LogP contribution in [0.5, 0.6) is 0 Å². The molecular weight excluding hydrogens is 479 g/mol. The zero-order valence-corrected chi connectivity index (χ0v) is 21.0. The van der Waals surface area contributed by atoms with Gasteiger partial charge in [0, 0.05) is 36.3 Å². The van der Waals surface area contributed by atoms with Gasteiger partial charge in [-0.3, -0.25) is 4.79 Å².